The van der Waals surface area contributed by atoms with E-state index < -0.39 is 0 Å². The zero-order chi connectivity index (χ0) is 18.3. The highest BCUT2D eigenvalue weighted by Crippen LogP contribution is 2.42. The van der Waals surface area contributed by atoms with Crippen LogP contribution in [0.15, 0.2) is 59.8 Å². The summed E-state index contributed by atoms with van der Waals surface area (Å²) in [5.74, 6) is 0.692. The molecular weight excluding hydrogens is 344 g/mol. The van der Waals surface area contributed by atoms with Crippen LogP contribution in [-0.4, -0.2) is 32.0 Å². The number of pyridine rings is 1. The lowest BCUT2D eigenvalue weighted by Crippen LogP contribution is -2.46. The van der Waals surface area contributed by atoms with E-state index in [2.05, 4.69) is 30.0 Å². The van der Waals surface area contributed by atoms with Crippen molar-refractivity contribution in [2.45, 2.75) is 37.0 Å². The van der Waals surface area contributed by atoms with Gasteiger partial charge >= 0.3 is 0 Å². The summed E-state index contributed by atoms with van der Waals surface area (Å²) in [6, 6.07) is 13.8. The lowest BCUT2D eigenvalue weighted by molar-refractivity contribution is 0.0976. The molecule has 0 saturated heterocycles. The summed E-state index contributed by atoms with van der Waals surface area (Å²) in [4.78, 5) is 20.8. The first-order chi connectivity index (χ1) is 12.6. The average molecular weight is 364 g/mol. The van der Waals surface area contributed by atoms with Crippen molar-refractivity contribution in [2.75, 3.05) is 4.90 Å². The second-order valence-corrected chi connectivity index (χ2v) is 7.87. The van der Waals surface area contributed by atoms with E-state index in [1.807, 2.05) is 60.0 Å². The van der Waals surface area contributed by atoms with Gasteiger partial charge in [-0.1, -0.05) is 25.1 Å². The minimum atomic E-state index is -0.0169. The first-order valence-electron chi connectivity index (χ1n) is 8.63. The van der Waals surface area contributed by atoms with Crippen molar-refractivity contribution >= 4 is 23.4 Å². The van der Waals surface area contributed by atoms with E-state index in [4.69, 9.17) is 0 Å². The summed E-state index contributed by atoms with van der Waals surface area (Å²) >= 11 is 1.82. The van der Waals surface area contributed by atoms with Gasteiger partial charge in [-0.2, -0.15) is 5.10 Å². The lowest BCUT2D eigenvalue weighted by atomic mass is 10.1. The Morgan fingerprint density at radius 2 is 1.88 bits per heavy atom. The van der Waals surface area contributed by atoms with Crippen molar-refractivity contribution < 1.29 is 4.79 Å². The van der Waals surface area contributed by atoms with Gasteiger partial charge in [0.15, 0.2) is 5.82 Å². The lowest BCUT2D eigenvalue weighted by Gasteiger charge is -2.38. The fourth-order valence-electron chi connectivity index (χ4n) is 3.24. The van der Waals surface area contributed by atoms with Gasteiger partial charge in [-0.15, -0.1) is 11.8 Å². The molecule has 6 heteroatoms. The van der Waals surface area contributed by atoms with Crippen LogP contribution in [0.2, 0.25) is 0 Å². The normalized spacial score (nSPS) is 19.3. The fraction of sp³-hybridized carbons (Fsp3) is 0.250. The largest absolute Gasteiger partial charge is 0.303 e. The van der Waals surface area contributed by atoms with Crippen LogP contribution >= 0.6 is 11.8 Å². The molecule has 3 aromatic rings. The number of hydrogen-bond donors (Lipinski definition) is 0. The predicted octanol–water partition coefficient (Wildman–Crippen LogP) is 4.11. The molecule has 0 N–H and O–H groups in total. The third-order valence-electron chi connectivity index (χ3n) is 4.85. The smallest absolute Gasteiger partial charge is 0.262 e. The molecule has 0 spiro atoms. The minimum Gasteiger partial charge on any atom is -0.303 e. The molecule has 1 aromatic carbocycles. The van der Waals surface area contributed by atoms with Gasteiger partial charge in [-0.25, -0.2) is 9.67 Å². The number of fused-ring (bicyclic) bond motifs is 1. The molecule has 4 rings (SSSR count). The summed E-state index contributed by atoms with van der Waals surface area (Å²) in [5.41, 5.74) is 2.37. The quantitative estimate of drug-likeness (QED) is 0.687. The predicted molar refractivity (Wildman–Crippen MR) is 104 cm³/mol. The highest BCUT2D eigenvalue weighted by molar-refractivity contribution is 8.00. The van der Waals surface area contributed by atoms with E-state index in [9.17, 15) is 4.79 Å². The highest BCUT2D eigenvalue weighted by Gasteiger charge is 2.35. The van der Waals surface area contributed by atoms with E-state index in [-0.39, 0.29) is 11.9 Å². The zero-order valence-electron chi connectivity index (χ0n) is 15.0. The minimum absolute atomic E-state index is 0.0169. The van der Waals surface area contributed by atoms with E-state index >= 15 is 0 Å². The van der Waals surface area contributed by atoms with Gasteiger partial charge in [0.1, 0.15) is 0 Å². The van der Waals surface area contributed by atoms with Gasteiger partial charge in [0.2, 0.25) is 0 Å². The second kappa shape index (κ2) is 6.61. The number of anilines is 1. The molecule has 0 fully saturated rings. The molecule has 1 amide bonds. The first-order valence-corrected chi connectivity index (χ1v) is 9.51. The fourth-order valence-corrected chi connectivity index (χ4v) is 4.40. The molecule has 5 nitrogen and oxygen atoms in total. The number of carbonyl (C=O) groups is 1. The van der Waals surface area contributed by atoms with Crippen LogP contribution in [0, 0.1) is 6.92 Å². The number of nitrogens with zero attached hydrogens (tertiary/aromatic N) is 4. The molecule has 1 aliphatic rings. The Kier molecular flexibility index (Phi) is 4.28. The third kappa shape index (κ3) is 2.70. The van der Waals surface area contributed by atoms with E-state index in [1.165, 1.54) is 0 Å². The maximum Gasteiger partial charge on any atom is 0.262 e. The van der Waals surface area contributed by atoms with Gasteiger partial charge in [-0.05, 0) is 38.1 Å². The van der Waals surface area contributed by atoms with Gasteiger partial charge in [0, 0.05) is 22.4 Å². The second-order valence-electron chi connectivity index (χ2n) is 6.45. The summed E-state index contributed by atoms with van der Waals surface area (Å²) in [5, 5.41) is 4.72. The molecule has 3 heterocycles. The number of benzene rings is 1. The van der Waals surface area contributed by atoms with Crippen LogP contribution < -0.4 is 4.90 Å². The summed E-state index contributed by atoms with van der Waals surface area (Å²) in [6.07, 6.45) is 3.37. The molecule has 0 unspecified atom stereocenters. The molecular formula is C20H20N4OS. The summed E-state index contributed by atoms with van der Waals surface area (Å²) in [6.45, 7) is 6.17. The van der Waals surface area contributed by atoms with Crippen molar-refractivity contribution in [3.63, 3.8) is 0 Å². The zero-order valence-corrected chi connectivity index (χ0v) is 15.8. The van der Waals surface area contributed by atoms with E-state index in [1.54, 1.807) is 17.1 Å². The molecule has 2 atom stereocenters. The highest BCUT2D eigenvalue weighted by atomic mass is 32.2. The number of para-hydroxylation sites is 1. The van der Waals surface area contributed by atoms with Crippen LogP contribution in [0.25, 0.3) is 5.82 Å². The van der Waals surface area contributed by atoms with Crippen molar-refractivity contribution in [1.29, 1.82) is 0 Å². The van der Waals surface area contributed by atoms with Crippen LogP contribution in [-0.2, 0) is 0 Å². The Bertz CT molecular complexity index is 953. The van der Waals surface area contributed by atoms with E-state index in [0.29, 0.717) is 16.6 Å². The molecule has 0 bridgehead atoms. The number of carbonyl (C=O) groups excluding carboxylic acids is 1. The SMILES string of the molecule is Cc1c(C(=O)N2c3ccccc3S[C@@H](C)[C@@H]2C)cnn1-c1ccccn1. The molecule has 0 saturated carbocycles. The Morgan fingerprint density at radius 3 is 2.65 bits per heavy atom. The Balaban J connectivity index is 1.76. The standard InChI is InChI=1S/C20H20N4OS/c1-13-15(3)26-18-9-5-4-8-17(18)23(13)20(25)16-12-22-24(14(16)2)19-10-6-7-11-21-19/h4-13,15H,1-3H3/t13-,15-/m0/s1. The van der Waals surface area contributed by atoms with Crippen LogP contribution in [0.3, 0.4) is 0 Å². The van der Waals surface area contributed by atoms with Gasteiger partial charge in [0.05, 0.1) is 23.1 Å². The van der Waals surface area contributed by atoms with E-state index in [0.717, 1.165) is 16.3 Å². The van der Waals surface area contributed by atoms with Crippen LogP contribution in [0.1, 0.15) is 29.9 Å². The Morgan fingerprint density at radius 1 is 1.12 bits per heavy atom. The topological polar surface area (TPSA) is 51.0 Å². The van der Waals surface area contributed by atoms with Crippen molar-refractivity contribution in [1.82, 2.24) is 14.8 Å². The maximum absolute atomic E-state index is 13.4. The average Bonchev–Trinajstić information content (AvgIpc) is 3.04. The molecule has 2 aromatic heterocycles. The van der Waals surface area contributed by atoms with Gasteiger partial charge in [0.25, 0.3) is 5.91 Å². The number of thioether (sulfide) groups is 1. The van der Waals surface area contributed by atoms with Gasteiger partial charge in [-0.3, -0.25) is 4.79 Å². The number of hydrogen-bond acceptors (Lipinski definition) is 4. The first kappa shape index (κ1) is 16.8. The van der Waals surface area contributed by atoms with Crippen molar-refractivity contribution in [3.05, 3.63) is 66.1 Å². The summed E-state index contributed by atoms with van der Waals surface area (Å²) < 4.78 is 1.71. The Hall–Kier alpha value is -2.60. The molecule has 0 aliphatic carbocycles. The van der Waals surface area contributed by atoms with Gasteiger partial charge < -0.3 is 4.90 Å². The molecule has 132 valence electrons. The van der Waals surface area contributed by atoms with Crippen molar-refractivity contribution in [3.8, 4) is 5.82 Å². The van der Waals surface area contributed by atoms with Crippen LogP contribution in [0.4, 0.5) is 5.69 Å². The Labute approximate surface area is 157 Å². The van der Waals surface area contributed by atoms with Crippen molar-refractivity contribution in [2.24, 2.45) is 0 Å². The number of aromatic nitrogens is 3. The monoisotopic (exact) mass is 364 g/mol. The molecule has 26 heavy (non-hydrogen) atoms. The third-order valence-corrected chi connectivity index (χ3v) is 6.21. The molecule has 0 radical (unpaired) electrons. The number of rotatable bonds is 2. The molecule has 1 aliphatic heterocycles. The maximum atomic E-state index is 13.4. The number of amides is 1. The van der Waals surface area contributed by atoms with Crippen LogP contribution in [0.5, 0.6) is 0 Å². The summed E-state index contributed by atoms with van der Waals surface area (Å²) in [7, 11) is 0.